The Morgan fingerprint density at radius 3 is 2.27 bits per heavy atom. The Morgan fingerprint density at radius 1 is 0.923 bits per heavy atom. The number of nitriles is 2. The van der Waals surface area contributed by atoms with Crippen LogP contribution in [0.2, 0.25) is 0 Å². The van der Waals surface area contributed by atoms with Gasteiger partial charge in [0.1, 0.15) is 29.2 Å². The van der Waals surface area contributed by atoms with Crippen LogP contribution in [0.5, 0.6) is 17.4 Å². The van der Waals surface area contributed by atoms with Crippen LogP contribution in [0.25, 0.3) is 11.1 Å². The van der Waals surface area contributed by atoms with E-state index in [-0.39, 0.29) is 22.8 Å². The van der Waals surface area contributed by atoms with Crippen molar-refractivity contribution in [2.24, 2.45) is 0 Å². The van der Waals surface area contributed by atoms with Gasteiger partial charge in [0, 0.05) is 5.56 Å². The number of nitrogens with one attached hydrogen (secondary N) is 1. The van der Waals surface area contributed by atoms with Crippen LogP contribution in [-0.2, 0) is 0 Å². The first-order valence-corrected chi connectivity index (χ1v) is 7.74. The molecule has 0 fully saturated rings. The fourth-order valence-corrected chi connectivity index (χ4v) is 2.62. The molecule has 26 heavy (non-hydrogen) atoms. The number of methoxy groups -OCH3 is 1. The highest BCUT2D eigenvalue weighted by molar-refractivity contribution is 5.81. The molecule has 0 bridgehead atoms. The molecule has 3 rings (SSSR count). The fourth-order valence-electron chi connectivity index (χ4n) is 2.62. The van der Waals surface area contributed by atoms with Crippen LogP contribution < -0.4 is 20.2 Å². The Bertz CT molecular complexity index is 1030. The predicted molar refractivity (Wildman–Crippen MR) is 95.3 cm³/mol. The molecule has 0 saturated heterocycles. The zero-order valence-electron chi connectivity index (χ0n) is 14.0. The van der Waals surface area contributed by atoms with E-state index in [0.29, 0.717) is 22.6 Å². The van der Waals surface area contributed by atoms with Crippen LogP contribution in [0, 0.1) is 22.7 Å². The molecule has 1 heterocycles. The highest BCUT2D eigenvalue weighted by Gasteiger charge is 2.24. The minimum Gasteiger partial charge on any atom is -0.465 e. The standard InChI is InChI=1S/C20H14N4O2/c1-25-20-17(12-22)18(16(11-21)19(23)24-20)13-6-5-9-15(10-13)26-14-7-3-2-4-8-14/h2-10H,1H3,(H2,23,24)/p+1. The molecule has 1 aromatic heterocycles. The number of anilines is 1. The van der Waals surface area contributed by atoms with Crippen molar-refractivity contribution in [1.82, 2.24) is 0 Å². The van der Waals surface area contributed by atoms with Crippen molar-refractivity contribution in [3.05, 3.63) is 65.7 Å². The molecule has 0 aliphatic heterocycles. The smallest absolute Gasteiger partial charge is 0.300 e. The molecule has 6 heteroatoms. The highest BCUT2D eigenvalue weighted by atomic mass is 16.5. The zero-order valence-corrected chi connectivity index (χ0v) is 14.0. The molecule has 0 spiro atoms. The molecule has 3 N–H and O–H groups in total. The maximum Gasteiger partial charge on any atom is 0.300 e. The Hall–Kier alpha value is -4.03. The molecule has 0 amide bonds. The molecule has 0 unspecified atom stereocenters. The quantitative estimate of drug-likeness (QED) is 0.782. The summed E-state index contributed by atoms with van der Waals surface area (Å²) in [6, 6.07) is 20.6. The fraction of sp³-hybridized carbons (Fsp3) is 0.0500. The largest absolute Gasteiger partial charge is 0.465 e. The van der Waals surface area contributed by atoms with E-state index in [9.17, 15) is 10.5 Å². The molecule has 0 atom stereocenters. The predicted octanol–water partition coefficient (Wildman–Crippen LogP) is 3.29. The lowest BCUT2D eigenvalue weighted by atomic mass is 9.96. The van der Waals surface area contributed by atoms with Gasteiger partial charge in [-0.3, -0.25) is 5.73 Å². The van der Waals surface area contributed by atoms with Gasteiger partial charge in [-0.15, -0.1) is 0 Å². The number of nitrogens with zero attached hydrogens (tertiary/aromatic N) is 2. The number of para-hydroxylation sites is 1. The molecule has 126 valence electrons. The Kier molecular flexibility index (Phi) is 4.69. The molecule has 6 nitrogen and oxygen atoms in total. The lowest BCUT2D eigenvalue weighted by Gasteiger charge is -2.11. The second-order valence-corrected chi connectivity index (χ2v) is 5.36. The summed E-state index contributed by atoms with van der Waals surface area (Å²) in [5.41, 5.74) is 7.35. The van der Waals surface area contributed by atoms with E-state index in [1.165, 1.54) is 7.11 Å². The summed E-state index contributed by atoms with van der Waals surface area (Å²) >= 11 is 0. The normalized spacial score (nSPS) is 9.81. The summed E-state index contributed by atoms with van der Waals surface area (Å²) in [4.78, 5) is 2.74. The Labute approximate surface area is 150 Å². The van der Waals surface area contributed by atoms with E-state index in [2.05, 4.69) is 17.1 Å². The zero-order chi connectivity index (χ0) is 18.5. The van der Waals surface area contributed by atoms with Gasteiger partial charge in [0.05, 0.1) is 7.11 Å². The minimum absolute atomic E-state index is 0.132. The minimum atomic E-state index is 0.132. The van der Waals surface area contributed by atoms with Crippen molar-refractivity contribution >= 4 is 5.82 Å². The van der Waals surface area contributed by atoms with Crippen molar-refractivity contribution in [3.63, 3.8) is 0 Å². The number of nitrogen functional groups attached to an aromatic ring is 1. The van der Waals surface area contributed by atoms with Crippen molar-refractivity contribution in [2.75, 3.05) is 12.8 Å². The number of hydrogen-bond acceptors (Lipinski definition) is 5. The van der Waals surface area contributed by atoms with Crippen LogP contribution in [0.1, 0.15) is 11.1 Å². The lowest BCUT2D eigenvalue weighted by molar-refractivity contribution is -0.376. The van der Waals surface area contributed by atoms with Gasteiger partial charge in [0.2, 0.25) is 0 Å². The molecule has 0 aliphatic carbocycles. The summed E-state index contributed by atoms with van der Waals surface area (Å²) in [6.07, 6.45) is 0. The molecule has 0 aliphatic rings. The molecule has 0 radical (unpaired) electrons. The topological polar surface area (TPSA) is 106 Å². The number of aromatic nitrogens is 1. The summed E-state index contributed by atoms with van der Waals surface area (Å²) in [7, 11) is 1.43. The van der Waals surface area contributed by atoms with E-state index in [1.807, 2.05) is 30.3 Å². The summed E-state index contributed by atoms with van der Waals surface area (Å²) in [6.45, 7) is 0. The third-order valence-corrected chi connectivity index (χ3v) is 3.77. The first kappa shape index (κ1) is 16.8. The van der Waals surface area contributed by atoms with Crippen molar-refractivity contribution in [2.45, 2.75) is 0 Å². The highest BCUT2D eigenvalue weighted by Crippen LogP contribution is 2.35. The molecule has 2 aromatic carbocycles. The van der Waals surface area contributed by atoms with E-state index in [0.717, 1.165) is 0 Å². The molecule has 3 aromatic rings. The molecular weight excluding hydrogens is 328 g/mol. The van der Waals surface area contributed by atoms with Crippen LogP contribution in [-0.4, -0.2) is 7.11 Å². The number of hydrogen-bond donors (Lipinski definition) is 1. The van der Waals surface area contributed by atoms with Gasteiger partial charge in [0.15, 0.2) is 5.56 Å². The van der Waals surface area contributed by atoms with Gasteiger partial charge in [0.25, 0.3) is 5.82 Å². The van der Waals surface area contributed by atoms with Crippen molar-refractivity contribution in [1.29, 1.82) is 10.5 Å². The van der Waals surface area contributed by atoms with Crippen molar-refractivity contribution < 1.29 is 14.5 Å². The Morgan fingerprint density at radius 2 is 1.62 bits per heavy atom. The number of benzene rings is 2. The number of ether oxygens (including phenoxy) is 2. The van der Waals surface area contributed by atoms with Crippen LogP contribution in [0.4, 0.5) is 5.82 Å². The van der Waals surface area contributed by atoms with Crippen LogP contribution in [0.15, 0.2) is 54.6 Å². The first-order chi connectivity index (χ1) is 12.7. The van der Waals surface area contributed by atoms with Crippen LogP contribution >= 0.6 is 0 Å². The second kappa shape index (κ2) is 7.25. The maximum atomic E-state index is 9.58. The SMILES string of the molecule is COc1[nH+]c(N)c(C#N)c(-c2cccc(Oc3ccccc3)c2)c1C#N. The third kappa shape index (κ3) is 3.12. The number of H-pyrrole nitrogens is 1. The molecular formula is C20H15N4O2+. The van der Waals surface area contributed by atoms with Gasteiger partial charge < -0.3 is 9.47 Å². The van der Waals surface area contributed by atoms with E-state index in [4.69, 9.17) is 15.2 Å². The first-order valence-electron chi connectivity index (χ1n) is 7.74. The summed E-state index contributed by atoms with van der Waals surface area (Å²) in [5, 5.41) is 19.1. The van der Waals surface area contributed by atoms with Gasteiger partial charge in [-0.1, -0.05) is 30.3 Å². The van der Waals surface area contributed by atoms with Gasteiger partial charge >= 0.3 is 5.88 Å². The third-order valence-electron chi connectivity index (χ3n) is 3.77. The van der Waals surface area contributed by atoms with Crippen molar-refractivity contribution in [3.8, 4) is 40.6 Å². The summed E-state index contributed by atoms with van der Waals surface area (Å²) < 4.78 is 11.0. The number of nitrogens with two attached hydrogens (primary N) is 1. The van der Waals surface area contributed by atoms with E-state index >= 15 is 0 Å². The van der Waals surface area contributed by atoms with E-state index in [1.54, 1.807) is 24.3 Å². The lowest BCUT2D eigenvalue weighted by Crippen LogP contribution is -2.18. The number of rotatable bonds is 4. The monoisotopic (exact) mass is 343 g/mol. The number of pyridine rings is 1. The number of aromatic amines is 1. The van der Waals surface area contributed by atoms with Gasteiger partial charge in [-0.05, 0) is 29.8 Å². The average Bonchev–Trinajstić information content (AvgIpc) is 2.68. The summed E-state index contributed by atoms with van der Waals surface area (Å²) in [5.74, 6) is 1.59. The van der Waals surface area contributed by atoms with Crippen LogP contribution in [0.3, 0.4) is 0 Å². The molecule has 0 saturated carbocycles. The van der Waals surface area contributed by atoms with Gasteiger partial charge in [-0.25, -0.2) is 4.98 Å². The van der Waals surface area contributed by atoms with E-state index < -0.39 is 0 Å². The Balaban J connectivity index is 2.15. The maximum absolute atomic E-state index is 9.58. The van der Waals surface area contributed by atoms with Gasteiger partial charge in [-0.2, -0.15) is 10.5 Å². The second-order valence-electron chi connectivity index (χ2n) is 5.36. The average molecular weight is 343 g/mol.